The zero-order valence-electron chi connectivity index (χ0n) is 26.9. The van der Waals surface area contributed by atoms with Gasteiger partial charge in [0.25, 0.3) is 10.0 Å². The number of rotatable bonds is 11. The lowest BCUT2D eigenvalue weighted by atomic mass is 10.0. The number of nitrogens with zero attached hydrogens (tertiary/aromatic N) is 2. The number of sulfonamides is 1. The topological polar surface area (TPSA) is 86.8 Å². The summed E-state index contributed by atoms with van der Waals surface area (Å²) in [7, 11) is -4.28. The maximum absolute atomic E-state index is 14.7. The molecule has 0 spiro atoms. The molecule has 0 radical (unpaired) electrons. The number of carbonyl (C=O) groups excluding carboxylic acids is 2. The van der Waals surface area contributed by atoms with Gasteiger partial charge in [-0.05, 0) is 99.8 Å². The monoisotopic (exact) mass is 713 g/mol. The molecule has 4 aromatic carbocycles. The number of nitrogens with one attached hydrogen (secondary N) is 1. The van der Waals surface area contributed by atoms with Crippen LogP contribution in [0, 0.1) is 13.8 Å². The molecule has 0 aromatic heterocycles. The van der Waals surface area contributed by atoms with Gasteiger partial charge >= 0.3 is 0 Å². The van der Waals surface area contributed by atoms with Crippen molar-refractivity contribution in [2.24, 2.45) is 0 Å². The van der Waals surface area contributed by atoms with Crippen molar-refractivity contribution in [1.82, 2.24) is 10.2 Å². The van der Waals surface area contributed by atoms with E-state index < -0.39 is 40.0 Å². The zero-order chi connectivity index (χ0) is 34.5. The summed E-state index contributed by atoms with van der Waals surface area (Å²) in [6.07, 6.45) is 0.157. The van der Waals surface area contributed by atoms with Gasteiger partial charge in [0.15, 0.2) is 0 Å². The first-order chi connectivity index (χ1) is 22.1. The molecule has 11 heteroatoms. The molecule has 1 atom stereocenters. The highest BCUT2D eigenvalue weighted by Crippen LogP contribution is 2.30. The van der Waals surface area contributed by atoms with E-state index in [9.17, 15) is 18.0 Å². The van der Waals surface area contributed by atoms with Gasteiger partial charge in [-0.1, -0.05) is 77.3 Å². The number of hydrogen-bond acceptors (Lipinski definition) is 4. The quantitative estimate of drug-likeness (QED) is 0.171. The summed E-state index contributed by atoms with van der Waals surface area (Å²) in [5.41, 5.74) is 2.73. The minimum atomic E-state index is -4.28. The highest BCUT2D eigenvalue weighted by Gasteiger charge is 2.36. The van der Waals surface area contributed by atoms with Crippen molar-refractivity contribution >= 4 is 62.3 Å². The highest BCUT2D eigenvalue weighted by molar-refractivity contribution is 7.92. The second-order valence-corrected chi connectivity index (χ2v) is 15.5. The SMILES string of the molecule is Cc1ccc(N(CC(=O)N(Cc2c(Cl)cccc2Cl)[C@@H](Cc2ccccc2)C(=O)NC(C)(C)C)S(=O)(=O)c2ccc(Cl)cc2)cc1C. The molecular formula is C36H38Cl3N3O4S. The van der Waals surface area contributed by atoms with E-state index in [0.29, 0.717) is 26.3 Å². The molecule has 0 fully saturated rings. The Hall–Kier alpha value is -3.56. The smallest absolute Gasteiger partial charge is 0.264 e. The van der Waals surface area contributed by atoms with Crippen LogP contribution in [0.4, 0.5) is 5.69 Å². The molecule has 2 amide bonds. The Morgan fingerprint density at radius 2 is 1.43 bits per heavy atom. The Bertz CT molecular complexity index is 1820. The first-order valence-electron chi connectivity index (χ1n) is 15.0. The minimum absolute atomic E-state index is 0.0417. The van der Waals surface area contributed by atoms with Crippen LogP contribution in [0.2, 0.25) is 15.1 Å². The van der Waals surface area contributed by atoms with Gasteiger partial charge in [-0.3, -0.25) is 13.9 Å². The third-order valence-corrected chi connectivity index (χ3v) is 10.4. The molecule has 0 saturated carbocycles. The summed E-state index contributed by atoms with van der Waals surface area (Å²) >= 11 is 19.2. The number of carbonyl (C=O) groups is 2. The van der Waals surface area contributed by atoms with Gasteiger partial charge < -0.3 is 10.2 Å². The lowest BCUT2D eigenvalue weighted by Crippen LogP contribution is -2.56. The summed E-state index contributed by atoms with van der Waals surface area (Å²) in [5.74, 6) is -1.03. The molecule has 0 heterocycles. The first-order valence-corrected chi connectivity index (χ1v) is 17.6. The molecule has 0 aliphatic carbocycles. The van der Waals surface area contributed by atoms with Gasteiger partial charge in [-0.2, -0.15) is 0 Å². The average Bonchev–Trinajstić information content (AvgIpc) is 3.00. The minimum Gasteiger partial charge on any atom is -0.350 e. The molecule has 4 rings (SSSR count). The summed E-state index contributed by atoms with van der Waals surface area (Å²) in [5, 5.41) is 4.00. The van der Waals surface area contributed by atoms with Crippen LogP contribution in [0.5, 0.6) is 0 Å². The molecular weight excluding hydrogens is 677 g/mol. The molecule has 0 bridgehead atoms. The van der Waals surface area contributed by atoms with Gasteiger partial charge in [-0.15, -0.1) is 0 Å². The number of anilines is 1. The van der Waals surface area contributed by atoms with E-state index in [2.05, 4.69) is 5.32 Å². The number of halogens is 3. The Labute approximate surface area is 292 Å². The lowest BCUT2D eigenvalue weighted by Gasteiger charge is -2.35. The molecule has 4 aromatic rings. The highest BCUT2D eigenvalue weighted by atomic mass is 35.5. The first kappa shape index (κ1) is 36.3. The molecule has 0 aliphatic heterocycles. The fourth-order valence-corrected chi connectivity index (χ4v) is 7.05. The van der Waals surface area contributed by atoms with E-state index in [1.54, 1.807) is 36.4 Å². The predicted octanol–water partition coefficient (Wildman–Crippen LogP) is 8.01. The van der Waals surface area contributed by atoms with Crippen molar-refractivity contribution in [3.8, 4) is 0 Å². The summed E-state index contributed by atoms with van der Waals surface area (Å²) < 4.78 is 29.5. The van der Waals surface area contributed by atoms with Crippen LogP contribution in [0.15, 0.2) is 95.9 Å². The standard InChI is InChI=1S/C36H38Cl3N3O4S/c1-24-14-17-28(20-25(24)2)42(47(45,46)29-18-15-27(37)16-19-29)23-34(43)41(22-30-31(38)12-9-13-32(30)39)33(35(44)40-36(3,4)5)21-26-10-7-6-8-11-26/h6-20,33H,21-23H2,1-5H3,(H,40,44)/t33-/m0/s1. The van der Waals surface area contributed by atoms with E-state index in [1.165, 1.54) is 29.2 Å². The van der Waals surface area contributed by atoms with E-state index in [1.807, 2.05) is 65.0 Å². The third-order valence-electron chi connectivity index (χ3n) is 7.62. The Kier molecular flexibility index (Phi) is 11.7. The maximum atomic E-state index is 14.7. The van der Waals surface area contributed by atoms with Crippen molar-refractivity contribution in [3.05, 3.63) is 128 Å². The number of benzene rings is 4. The van der Waals surface area contributed by atoms with Gasteiger partial charge in [0.1, 0.15) is 12.6 Å². The fraction of sp³-hybridized carbons (Fsp3) is 0.278. The van der Waals surface area contributed by atoms with Crippen LogP contribution < -0.4 is 9.62 Å². The van der Waals surface area contributed by atoms with Crippen LogP contribution in [-0.4, -0.2) is 43.3 Å². The number of amides is 2. The molecule has 0 unspecified atom stereocenters. The number of aryl methyl sites for hydroxylation is 2. The van der Waals surface area contributed by atoms with E-state index in [4.69, 9.17) is 34.8 Å². The third kappa shape index (κ3) is 9.29. The second kappa shape index (κ2) is 15.1. The van der Waals surface area contributed by atoms with Gasteiger partial charge in [0.2, 0.25) is 11.8 Å². The van der Waals surface area contributed by atoms with E-state index >= 15 is 0 Å². The second-order valence-electron chi connectivity index (χ2n) is 12.4. The Balaban J connectivity index is 1.87. The zero-order valence-corrected chi connectivity index (χ0v) is 30.0. The number of hydrogen-bond donors (Lipinski definition) is 1. The van der Waals surface area contributed by atoms with Gasteiger partial charge in [0, 0.05) is 39.1 Å². The van der Waals surface area contributed by atoms with Crippen molar-refractivity contribution < 1.29 is 18.0 Å². The van der Waals surface area contributed by atoms with E-state index in [-0.39, 0.29) is 17.9 Å². The van der Waals surface area contributed by atoms with Crippen LogP contribution in [0.3, 0.4) is 0 Å². The van der Waals surface area contributed by atoms with Crippen LogP contribution in [-0.2, 0) is 32.6 Å². The molecule has 0 aliphatic rings. The Morgan fingerprint density at radius 1 is 0.809 bits per heavy atom. The van der Waals surface area contributed by atoms with Crippen LogP contribution in [0.25, 0.3) is 0 Å². The van der Waals surface area contributed by atoms with E-state index in [0.717, 1.165) is 21.0 Å². The summed E-state index contributed by atoms with van der Waals surface area (Å²) in [6.45, 7) is 8.58. The van der Waals surface area contributed by atoms with Crippen LogP contribution >= 0.6 is 34.8 Å². The molecule has 47 heavy (non-hydrogen) atoms. The summed E-state index contributed by atoms with van der Waals surface area (Å²) in [6, 6.07) is 24.2. The summed E-state index contributed by atoms with van der Waals surface area (Å²) in [4.78, 5) is 30.0. The van der Waals surface area contributed by atoms with Crippen molar-refractivity contribution in [2.45, 2.75) is 64.1 Å². The lowest BCUT2D eigenvalue weighted by molar-refractivity contribution is -0.140. The molecule has 248 valence electrons. The van der Waals surface area contributed by atoms with Gasteiger partial charge in [-0.25, -0.2) is 8.42 Å². The largest absolute Gasteiger partial charge is 0.350 e. The maximum Gasteiger partial charge on any atom is 0.264 e. The normalized spacial score (nSPS) is 12.3. The van der Waals surface area contributed by atoms with Crippen molar-refractivity contribution in [1.29, 1.82) is 0 Å². The molecule has 1 N–H and O–H groups in total. The Morgan fingerprint density at radius 3 is 2.00 bits per heavy atom. The van der Waals surface area contributed by atoms with Crippen LogP contribution in [0.1, 0.15) is 43.0 Å². The van der Waals surface area contributed by atoms with Crippen molar-refractivity contribution in [2.75, 3.05) is 10.8 Å². The molecule has 0 saturated heterocycles. The van der Waals surface area contributed by atoms with Crippen molar-refractivity contribution in [3.63, 3.8) is 0 Å². The average molecular weight is 715 g/mol. The predicted molar refractivity (Wildman–Crippen MR) is 191 cm³/mol. The fourth-order valence-electron chi connectivity index (χ4n) is 5.00. The molecule has 7 nitrogen and oxygen atoms in total. The van der Waals surface area contributed by atoms with Gasteiger partial charge in [0.05, 0.1) is 10.6 Å².